The van der Waals surface area contributed by atoms with Crippen LogP contribution in [0.25, 0.3) is 0 Å². The van der Waals surface area contributed by atoms with E-state index in [2.05, 4.69) is 4.98 Å². The summed E-state index contributed by atoms with van der Waals surface area (Å²) in [6.07, 6.45) is -0.794. The van der Waals surface area contributed by atoms with Crippen molar-refractivity contribution < 1.29 is 53.1 Å². The van der Waals surface area contributed by atoms with Crippen LogP contribution in [-0.4, -0.2) is 84.0 Å². The summed E-state index contributed by atoms with van der Waals surface area (Å²) in [6.45, 7) is 14.3. The van der Waals surface area contributed by atoms with E-state index < -0.39 is 86.5 Å². The number of ketones is 1. The minimum absolute atomic E-state index is 0.110. The van der Waals surface area contributed by atoms with Gasteiger partial charge in [-0.25, -0.2) is 14.6 Å². The number of alkyl halides is 6. The Bertz CT molecular complexity index is 1460. The Morgan fingerprint density at radius 3 is 2.00 bits per heavy atom. The van der Waals surface area contributed by atoms with Gasteiger partial charge >= 0.3 is 18.3 Å². The summed E-state index contributed by atoms with van der Waals surface area (Å²) < 4.78 is 22.1. The van der Waals surface area contributed by atoms with Crippen molar-refractivity contribution in [1.82, 2.24) is 4.98 Å². The molecule has 0 saturated heterocycles. The summed E-state index contributed by atoms with van der Waals surface area (Å²) in [4.78, 5) is 55.1. The van der Waals surface area contributed by atoms with Crippen LogP contribution >= 0.6 is 80.9 Å². The highest BCUT2D eigenvalue weighted by atomic mass is 35.6. The number of thiazole rings is 1. The van der Waals surface area contributed by atoms with Gasteiger partial charge < -0.3 is 33.9 Å². The van der Waals surface area contributed by atoms with E-state index in [4.69, 9.17) is 93.3 Å². The Kier molecular flexibility index (Phi) is 22.1. The topological polar surface area (TPSA) is 168 Å². The van der Waals surface area contributed by atoms with Gasteiger partial charge in [-0.1, -0.05) is 116 Å². The van der Waals surface area contributed by atoms with Crippen molar-refractivity contribution in [2.24, 2.45) is 23.2 Å². The van der Waals surface area contributed by atoms with Gasteiger partial charge in [-0.3, -0.25) is 9.59 Å². The maximum Gasteiger partial charge on any atom is 0.508 e. The maximum absolute atomic E-state index is 13.8. The molecule has 1 aromatic heterocycles. The first-order valence-electron chi connectivity index (χ1n) is 18.0. The Morgan fingerprint density at radius 2 is 1.45 bits per heavy atom. The molecule has 0 aliphatic heterocycles. The second-order valence-corrected chi connectivity index (χ2v) is 21.5. The van der Waals surface area contributed by atoms with Crippen molar-refractivity contribution in [1.29, 1.82) is 0 Å². The number of halogens is 6. The molecule has 0 aliphatic carbocycles. The van der Waals surface area contributed by atoms with Crippen LogP contribution in [0.15, 0.2) is 17.0 Å². The highest BCUT2D eigenvalue weighted by molar-refractivity contribution is 7.09. The molecule has 0 fully saturated rings. The second kappa shape index (κ2) is 23.5. The summed E-state index contributed by atoms with van der Waals surface area (Å²) in [5.41, 5.74) is -0.398. The number of carbonyl (C=O) groups is 4. The molecule has 0 bridgehead atoms. The van der Waals surface area contributed by atoms with Crippen LogP contribution in [0.4, 0.5) is 9.59 Å². The van der Waals surface area contributed by atoms with E-state index in [-0.39, 0.29) is 18.4 Å². The second-order valence-electron chi connectivity index (χ2n) is 15.5. The Balaban J connectivity index is 2.84. The van der Waals surface area contributed by atoms with Crippen molar-refractivity contribution >= 4 is 105 Å². The molecule has 56 heavy (non-hydrogen) atoms. The number of aliphatic hydroxyl groups is 2. The molecule has 19 heteroatoms. The fourth-order valence-corrected chi connectivity index (χ4v) is 6.54. The fourth-order valence-electron chi connectivity index (χ4n) is 5.49. The van der Waals surface area contributed by atoms with E-state index in [9.17, 15) is 29.4 Å². The maximum atomic E-state index is 13.8. The van der Waals surface area contributed by atoms with Crippen LogP contribution in [0.1, 0.15) is 105 Å². The lowest BCUT2D eigenvalue weighted by molar-refractivity contribution is -0.160. The van der Waals surface area contributed by atoms with Crippen LogP contribution in [0.2, 0.25) is 0 Å². The lowest BCUT2D eigenvalue weighted by Crippen LogP contribution is -2.47. The van der Waals surface area contributed by atoms with Crippen molar-refractivity contribution in [3.05, 3.63) is 27.7 Å². The van der Waals surface area contributed by atoms with Gasteiger partial charge in [0.15, 0.2) is 0 Å². The molecule has 0 aliphatic rings. The zero-order chi connectivity index (χ0) is 43.2. The molecule has 322 valence electrons. The molecule has 0 saturated carbocycles. The van der Waals surface area contributed by atoms with E-state index in [1.807, 2.05) is 32.2 Å². The number of hydrogen-bond acceptors (Lipinski definition) is 13. The number of esters is 1. The van der Waals surface area contributed by atoms with E-state index in [1.54, 1.807) is 27.7 Å². The minimum atomic E-state index is -1.88. The number of allylic oxidation sites excluding steroid dienone is 1. The summed E-state index contributed by atoms with van der Waals surface area (Å²) in [6, 6.07) is 0. The molecule has 6 atom stereocenters. The molecule has 12 nitrogen and oxygen atoms in total. The largest absolute Gasteiger partial charge is 0.508 e. The number of Topliss-reactive ketones (excluding diaryl/α,β-unsaturated/α-hetero) is 1. The van der Waals surface area contributed by atoms with Gasteiger partial charge in [0.05, 0.1) is 35.7 Å². The average molecular weight is 935 g/mol. The molecule has 0 radical (unpaired) electrons. The zero-order valence-electron chi connectivity index (χ0n) is 33.2. The quantitative estimate of drug-likeness (QED) is 0.0519. The Labute approximate surface area is 364 Å². The van der Waals surface area contributed by atoms with E-state index in [0.29, 0.717) is 37.1 Å². The molecule has 0 aromatic carbocycles. The van der Waals surface area contributed by atoms with E-state index >= 15 is 0 Å². The third-order valence-electron chi connectivity index (χ3n) is 8.69. The van der Waals surface area contributed by atoms with Gasteiger partial charge in [-0.05, 0) is 71.6 Å². The Morgan fingerprint density at radius 1 is 0.875 bits per heavy atom. The lowest BCUT2D eigenvalue weighted by atomic mass is 9.73. The molecule has 2 N–H and O–H groups in total. The number of carbonyl (C=O) groups excluding carboxylic acids is 4. The number of aliphatic hydroxyl groups excluding tert-OH is 2. The SMILES string of the molecule is C/C(=C/C[C@H](O)C(C)Cc1csc(COC(=O)OCC(Cl)(Cl)Cl)n1)CCC[C@H](C)[C@H](OC(=O)OCC(Cl)(Cl)Cl)[C@@H](C)C(=O)C(C)(C)[C@@H](O)CC(=O)OC(C)(C)C. The van der Waals surface area contributed by atoms with Crippen LogP contribution in [0, 0.1) is 23.2 Å². The Hall–Kier alpha value is -1.29. The number of ether oxygens (including phenoxy) is 5. The minimum Gasteiger partial charge on any atom is -0.460 e. The van der Waals surface area contributed by atoms with Gasteiger partial charge in [-0.2, -0.15) is 0 Å². The first-order valence-corrected chi connectivity index (χ1v) is 21.1. The number of aromatic nitrogens is 1. The average Bonchev–Trinajstić information content (AvgIpc) is 3.51. The monoisotopic (exact) mass is 931 g/mol. The molecule has 1 heterocycles. The van der Waals surface area contributed by atoms with Gasteiger partial charge in [0, 0.05) is 5.38 Å². The highest BCUT2D eigenvalue weighted by Gasteiger charge is 2.44. The zero-order valence-corrected chi connectivity index (χ0v) is 38.5. The van der Waals surface area contributed by atoms with Crippen molar-refractivity contribution in [2.75, 3.05) is 13.2 Å². The van der Waals surface area contributed by atoms with Crippen molar-refractivity contribution in [2.45, 2.75) is 139 Å². The molecular formula is C37H55Cl6NO11S. The van der Waals surface area contributed by atoms with Gasteiger partial charge in [-0.15, -0.1) is 11.3 Å². The number of nitrogens with zero attached hydrogens (tertiary/aromatic N) is 1. The molecule has 0 amide bonds. The van der Waals surface area contributed by atoms with Gasteiger partial charge in [0.1, 0.15) is 42.3 Å². The van der Waals surface area contributed by atoms with Crippen LogP contribution in [0.5, 0.6) is 0 Å². The summed E-state index contributed by atoms with van der Waals surface area (Å²) in [5.74, 6) is -2.49. The number of hydrogen-bond donors (Lipinski definition) is 2. The molecule has 0 spiro atoms. The fraction of sp³-hybridized carbons (Fsp3) is 0.757. The van der Waals surface area contributed by atoms with Crippen molar-refractivity contribution in [3.8, 4) is 0 Å². The summed E-state index contributed by atoms with van der Waals surface area (Å²) in [5, 5.41) is 24.2. The van der Waals surface area contributed by atoms with Crippen LogP contribution in [0.3, 0.4) is 0 Å². The van der Waals surface area contributed by atoms with E-state index in [0.717, 1.165) is 11.3 Å². The molecular weight excluding hydrogens is 879 g/mol. The normalized spacial score (nSPS) is 16.2. The van der Waals surface area contributed by atoms with Crippen molar-refractivity contribution in [3.63, 3.8) is 0 Å². The predicted octanol–water partition coefficient (Wildman–Crippen LogP) is 10.1. The van der Waals surface area contributed by atoms with E-state index in [1.165, 1.54) is 25.2 Å². The van der Waals surface area contributed by atoms with Crippen LogP contribution in [-0.2, 0) is 46.3 Å². The highest BCUT2D eigenvalue weighted by Crippen LogP contribution is 2.34. The lowest BCUT2D eigenvalue weighted by Gasteiger charge is -2.36. The van der Waals surface area contributed by atoms with Crippen LogP contribution < -0.4 is 0 Å². The number of rotatable bonds is 21. The summed E-state index contributed by atoms with van der Waals surface area (Å²) >= 11 is 35.2. The van der Waals surface area contributed by atoms with Gasteiger partial charge in [0.25, 0.3) is 0 Å². The molecule has 1 rings (SSSR count). The molecule has 1 aromatic rings. The first kappa shape index (κ1) is 52.7. The smallest absolute Gasteiger partial charge is 0.460 e. The first-order chi connectivity index (χ1) is 25.5. The van der Waals surface area contributed by atoms with Gasteiger partial charge in [0.2, 0.25) is 7.59 Å². The summed E-state index contributed by atoms with van der Waals surface area (Å²) in [7, 11) is 0. The third-order valence-corrected chi connectivity index (χ3v) is 10.2. The predicted molar refractivity (Wildman–Crippen MR) is 220 cm³/mol. The molecule has 1 unspecified atom stereocenters. The third kappa shape index (κ3) is 21.6. The standard InChI is InChI=1S/C37H55Cl6NO11S/c1-21(13-14-26(45)23(3)15-25-18-56-28(44-25)17-51-32(49)52-19-36(38,39)40)11-10-12-22(2)30(54-33(50)53-20-37(41,42)43)24(4)31(48)35(8,9)27(46)16-29(47)55-34(5,6)7/h13,18,22-24,26-27,30,45-46H,10-12,14-17,19-20H2,1-9H3/b21-13-/t22-,23?,24+,26-,27-,30-/m0/s1.